The standard InChI is InChI=1S/C31H34N4O5/c1-39-24-13-22(14-25(16-24)40-2)30(37)32-26-15-21(31(38)33-10-3-4-11-33)8-9-28(26)34-17-20-12-23(19-34)27-6-5-7-29(36)35(27)18-20/h5-9,13-16,20,23H,3-4,10-12,17-19H2,1-2H3,(H,32,37)/t20-,23+/m1/s1. The average molecular weight is 543 g/mol. The van der Waals surface area contributed by atoms with Gasteiger partial charge < -0.3 is 29.2 Å². The largest absolute Gasteiger partial charge is 0.497 e. The zero-order chi connectivity index (χ0) is 27.8. The lowest BCUT2D eigenvalue weighted by molar-refractivity contribution is 0.0792. The van der Waals surface area contributed by atoms with Gasteiger partial charge >= 0.3 is 0 Å². The number of nitrogens with one attached hydrogen (secondary N) is 1. The van der Waals surface area contributed by atoms with E-state index in [0.717, 1.165) is 56.8 Å². The van der Waals surface area contributed by atoms with E-state index in [0.29, 0.717) is 40.8 Å². The second-order valence-electron chi connectivity index (χ2n) is 10.9. The molecule has 2 aromatic carbocycles. The molecule has 2 fully saturated rings. The van der Waals surface area contributed by atoms with Crippen molar-refractivity contribution < 1.29 is 19.1 Å². The molecule has 2 saturated heterocycles. The number of methoxy groups -OCH3 is 2. The SMILES string of the molecule is COc1cc(OC)cc(C(=O)Nc2cc(C(=O)N3CCCC3)ccc2N2C[C@H]3C[C@@H](C2)c2cccc(=O)n2C3)c1. The summed E-state index contributed by atoms with van der Waals surface area (Å²) in [6.07, 6.45) is 3.04. The number of hydrogen-bond acceptors (Lipinski definition) is 6. The van der Waals surface area contributed by atoms with Crippen LogP contribution in [0.1, 0.15) is 51.6 Å². The average Bonchev–Trinajstić information content (AvgIpc) is 3.52. The van der Waals surface area contributed by atoms with Crippen LogP contribution in [0.4, 0.5) is 11.4 Å². The Kier molecular flexibility index (Phi) is 6.96. The van der Waals surface area contributed by atoms with E-state index < -0.39 is 0 Å². The van der Waals surface area contributed by atoms with Gasteiger partial charge in [-0.3, -0.25) is 14.4 Å². The highest BCUT2D eigenvalue weighted by Crippen LogP contribution is 2.39. The molecule has 4 heterocycles. The molecule has 6 rings (SSSR count). The molecular formula is C31H34N4O5. The minimum atomic E-state index is -0.321. The van der Waals surface area contributed by atoms with Gasteiger partial charge in [0.25, 0.3) is 17.4 Å². The molecule has 208 valence electrons. The van der Waals surface area contributed by atoms with Crippen molar-refractivity contribution in [2.45, 2.75) is 31.7 Å². The number of nitrogens with zero attached hydrogens (tertiary/aromatic N) is 3. The van der Waals surface area contributed by atoms with Gasteiger partial charge in [-0.1, -0.05) is 6.07 Å². The molecule has 0 radical (unpaired) electrons. The molecule has 0 unspecified atom stereocenters. The first-order valence-corrected chi connectivity index (χ1v) is 13.9. The second kappa shape index (κ2) is 10.7. The first kappa shape index (κ1) is 26.0. The Bertz CT molecular complexity index is 1490. The Morgan fingerprint density at radius 1 is 0.875 bits per heavy atom. The summed E-state index contributed by atoms with van der Waals surface area (Å²) >= 11 is 0. The lowest BCUT2D eigenvalue weighted by Crippen LogP contribution is -2.47. The van der Waals surface area contributed by atoms with Crippen molar-refractivity contribution in [1.82, 2.24) is 9.47 Å². The van der Waals surface area contributed by atoms with Gasteiger partial charge in [-0.15, -0.1) is 0 Å². The molecule has 9 nitrogen and oxygen atoms in total. The van der Waals surface area contributed by atoms with Gasteiger partial charge in [-0.2, -0.15) is 0 Å². The number of aromatic nitrogens is 1. The third kappa shape index (κ3) is 4.92. The maximum absolute atomic E-state index is 13.5. The number of hydrogen-bond donors (Lipinski definition) is 1. The molecule has 9 heteroatoms. The molecule has 3 aromatic rings. The minimum absolute atomic E-state index is 0.0218. The van der Waals surface area contributed by atoms with E-state index in [1.807, 2.05) is 33.7 Å². The number of carbonyl (C=O) groups excluding carboxylic acids is 2. The van der Waals surface area contributed by atoms with Crippen LogP contribution in [-0.2, 0) is 6.54 Å². The van der Waals surface area contributed by atoms with Crippen LogP contribution in [0.25, 0.3) is 0 Å². The fourth-order valence-electron chi connectivity index (χ4n) is 6.37. The number of fused-ring (bicyclic) bond motifs is 4. The smallest absolute Gasteiger partial charge is 0.255 e. The predicted octanol–water partition coefficient (Wildman–Crippen LogP) is 3.98. The van der Waals surface area contributed by atoms with Gasteiger partial charge in [-0.25, -0.2) is 0 Å². The lowest BCUT2D eigenvalue weighted by Gasteiger charge is -2.44. The molecule has 1 aromatic heterocycles. The highest BCUT2D eigenvalue weighted by atomic mass is 16.5. The van der Waals surface area contributed by atoms with Crippen LogP contribution in [0.5, 0.6) is 11.5 Å². The Hall–Kier alpha value is -4.27. The monoisotopic (exact) mass is 542 g/mol. The van der Waals surface area contributed by atoms with E-state index in [1.54, 1.807) is 44.6 Å². The summed E-state index contributed by atoms with van der Waals surface area (Å²) in [5.41, 5.74) is 3.50. The number of carbonyl (C=O) groups is 2. The lowest BCUT2D eigenvalue weighted by atomic mass is 9.83. The van der Waals surface area contributed by atoms with Crippen molar-refractivity contribution in [3.8, 4) is 11.5 Å². The van der Waals surface area contributed by atoms with Crippen molar-refractivity contribution in [2.75, 3.05) is 50.6 Å². The van der Waals surface area contributed by atoms with Crippen LogP contribution < -0.4 is 25.2 Å². The fourth-order valence-corrected chi connectivity index (χ4v) is 6.37. The Labute approximate surface area is 233 Å². The number of amides is 2. The third-order valence-corrected chi connectivity index (χ3v) is 8.32. The van der Waals surface area contributed by atoms with Crippen LogP contribution in [-0.4, -0.2) is 61.7 Å². The highest BCUT2D eigenvalue weighted by molar-refractivity contribution is 6.07. The summed E-state index contributed by atoms with van der Waals surface area (Å²) in [5, 5.41) is 3.09. The molecule has 2 bridgehead atoms. The van der Waals surface area contributed by atoms with Crippen molar-refractivity contribution >= 4 is 23.2 Å². The van der Waals surface area contributed by atoms with Crippen molar-refractivity contribution in [1.29, 1.82) is 0 Å². The van der Waals surface area contributed by atoms with Gasteiger partial charge in [0, 0.05) is 67.6 Å². The van der Waals surface area contributed by atoms with E-state index in [1.165, 1.54) is 0 Å². The van der Waals surface area contributed by atoms with Gasteiger partial charge in [0.05, 0.1) is 25.6 Å². The molecule has 0 aliphatic carbocycles. The fraction of sp³-hybridized carbons (Fsp3) is 0.387. The highest BCUT2D eigenvalue weighted by Gasteiger charge is 2.35. The van der Waals surface area contributed by atoms with Crippen LogP contribution >= 0.6 is 0 Å². The first-order valence-electron chi connectivity index (χ1n) is 13.9. The van der Waals surface area contributed by atoms with E-state index in [-0.39, 0.29) is 23.3 Å². The van der Waals surface area contributed by atoms with E-state index >= 15 is 0 Å². The van der Waals surface area contributed by atoms with E-state index in [9.17, 15) is 14.4 Å². The maximum atomic E-state index is 13.5. The molecule has 40 heavy (non-hydrogen) atoms. The van der Waals surface area contributed by atoms with Gasteiger partial charge in [0.15, 0.2) is 0 Å². The van der Waals surface area contributed by atoms with E-state index in [2.05, 4.69) is 10.2 Å². The number of benzene rings is 2. The van der Waals surface area contributed by atoms with Crippen molar-refractivity contribution in [3.05, 3.63) is 81.8 Å². The molecule has 2 amide bonds. The number of rotatable bonds is 6. The van der Waals surface area contributed by atoms with Crippen LogP contribution in [0, 0.1) is 5.92 Å². The predicted molar refractivity (Wildman–Crippen MR) is 153 cm³/mol. The third-order valence-electron chi connectivity index (χ3n) is 8.32. The molecule has 3 aliphatic rings. The number of likely N-dealkylation sites (tertiary alicyclic amines) is 1. The molecule has 0 spiro atoms. The summed E-state index contributed by atoms with van der Waals surface area (Å²) in [6.45, 7) is 3.65. The molecule has 0 saturated carbocycles. The number of anilines is 2. The summed E-state index contributed by atoms with van der Waals surface area (Å²) < 4.78 is 12.6. The Morgan fingerprint density at radius 2 is 1.62 bits per heavy atom. The molecule has 1 N–H and O–H groups in total. The van der Waals surface area contributed by atoms with Crippen molar-refractivity contribution in [3.63, 3.8) is 0 Å². The van der Waals surface area contributed by atoms with Crippen LogP contribution in [0.3, 0.4) is 0 Å². The summed E-state index contributed by atoms with van der Waals surface area (Å²) in [4.78, 5) is 43.5. The minimum Gasteiger partial charge on any atom is -0.497 e. The molecule has 3 aliphatic heterocycles. The zero-order valence-corrected chi connectivity index (χ0v) is 22.9. The number of pyridine rings is 1. The molecule has 2 atom stereocenters. The quantitative estimate of drug-likeness (QED) is 0.507. The Morgan fingerprint density at radius 3 is 2.35 bits per heavy atom. The normalized spacial score (nSPS) is 19.6. The Balaban J connectivity index is 1.35. The molecular weight excluding hydrogens is 508 g/mol. The first-order chi connectivity index (χ1) is 19.4. The van der Waals surface area contributed by atoms with Gasteiger partial charge in [0.1, 0.15) is 11.5 Å². The second-order valence-corrected chi connectivity index (χ2v) is 10.9. The number of ether oxygens (including phenoxy) is 2. The summed E-state index contributed by atoms with van der Waals surface area (Å²) in [7, 11) is 3.09. The number of piperidine rings is 1. The van der Waals surface area contributed by atoms with Gasteiger partial charge in [-0.05, 0) is 61.6 Å². The summed E-state index contributed by atoms with van der Waals surface area (Å²) in [5.74, 6) is 1.20. The van der Waals surface area contributed by atoms with Crippen molar-refractivity contribution in [2.24, 2.45) is 5.92 Å². The van der Waals surface area contributed by atoms with E-state index in [4.69, 9.17) is 9.47 Å². The zero-order valence-electron chi connectivity index (χ0n) is 22.9. The van der Waals surface area contributed by atoms with Crippen LogP contribution in [0.2, 0.25) is 0 Å². The van der Waals surface area contributed by atoms with Gasteiger partial charge in [0.2, 0.25) is 0 Å². The topological polar surface area (TPSA) is 93.1 Å². The maximum Gasteiger partial charge on any atom is 0.255 e. The van der Waals surface area contributed by atoms with Crippen LogP contribution in [0.15, 0.2) is 59.4 Å². The summed E-state index contributed by atoms with van der Waals surface area (Å²) in [6, 6.07) is 16.2.